The van der Waals surface area contributed by atoms with E-state index in [9.17, 15) is 4.79 Å². The van der Waals surface area contributed by atoms with Gasteiger partial charge in [0.05, 0.1) is 4.47 Å². The summed E-state index contributed by atoms with van der Waals surface area (Å²) in [5, 5.41) is 0. The molecule has 1 aromatic carbocycles. The summed E-state index contributed by atoms with van der Waals surface area (Å²) in [4.78, 5) is 10.9. The number of halogens is 2. The molecule has 0 aromatic heterocycles. The minimum absolute atomic E-state index is 0.515. The summed E-state index contributed by atoms with van der Waals surface area (Å²) in [6.07, 6.45) is 0.423. The van der Waals surface area contributed by atoms with Crippen LogP contribution in [0.4, 0.5) is 0 Å². The molecule has 0 spiro atoms. The molecule has 3 nitrogen and oxygen atoms in total. The smallest absolute Gasteiger partial charge is 0.333 e. The predicted molar refractivity (Wildman–Crippen MR) is 68.2 cm³/mol. The Morgan fingerprint density at radius 1 is 1.50 bits per heavy atom. The summed E-state index contributed by atoms with van der Waals surface area (Å²) in [7, 11) is 0. The molecule has 0 heterocycles. The standard InChI is InChI=1S/C11H10Br2O3/c1-3-10(14)16-7(2)15-9-6-4-5-8(12)11(9)13/h3-7H,1H2,2H3. The van der Waals surface area contributed by atoms with Crippen molar-refractivity contribution >= 4 is 37.8 Å². The van der Waals surface area contributed by atoms with Crippen molar-refractivity contribution in [3.8, 4) is 5.75 Å². The summed E-state index contributed by atoms with van der Waals surface area (Å²) in [5.41, 5.74) is 0. The van der Waals surface area contributed by atoms with Gasteiger partial charge in [0.1, 0.15) is 5.75 Å². The molecular formula is C11H10Br2O3. The number of hydrogen-bond acceptors (Lipinski definition) is 3. The van der Waals surface area contributed by atoms with Gasteiger partial charge >= 0.3 is 5.97 Å². The third kappa shape index (κ3) is 3.64. The third-order valence-electron chi connectivity index (χ3n) is 1.66. The number of benzene rings is 1. The van der Waals surface area contributed by atoms with E-state index in [1.54, 1.807) is 13.0 Å². The average Bonchev–Trinajstić information content (AvgIpc) is 2.24. The van der Waals surface area contributed by atoms with Crippen LogP contribution in [0.2, 0.25) is 0 Å². The first-order valence-electron chi connectivity index (χ1n) is 4.48. The van der Waals surface area contributed by atoms with E-state index in [4.69, 9.17) is 9.47 Å². The second-order valence-corrected chi connectivity index (χ2v) is 4.53. The molecule has 0 aliphatic heterocycles. The third-order valence-corrected chi connectivity index (χ3v) is 3.67. The van der Waals surface area contributed by atoms with Crippen molar-refractivity contribution in [1.82, 2.24) is 0 Å². The molecule has 5 heteroatoms. The molecule has 0 radical (unpaired) electrons. The molecule has 0 saturated heterocycles. The Balaban J connectivity index is 2.69. The lowest BCUT2D eigenvalue weighted by molar-refractivity contribution is -0.155. The second-order valence-electron chi connectivity index (χ2n) is 2.88. The Kier molecular flexibility index (Phi) is 5.02. The van der Waals surface area contributed by atoms with Gasteiger partial charge in [0, 0.05) is 17.5 Å². The largest absolute Gasteiger partial charge is 0.454 e. The van der Waals surface area contributed by atoms with Crippen molar-refractivity contribution < 1.29 is 14.3 Å². The van der Waals surface area contributed by atoms with E-state index in [1.165, 1.54) is 0 Å². The molecule has 1 aromatic rings. The lowest BCUT2D eigenvalue weighted by Gasteiger charge is -2.15. The lowest BCUT2D eigenvalue weighted by atomic mass is 10.3. The van der Waals surface area contributed by atoms with Gasteiger partial charge in [-0.25, -0.2) is 4.79 Å². The van der Waals surface area contributed by atoms with E-state index < -0.39 is 12.3 Å². The van der Waals surface area contributed by atoms with Gasteiger partial charge in [0.25, 0.3) is 0 Å². The Hall–Kier alpha value is -0.810. The summed E-state index contributed by atoms with van der Waals surface area (Å²) in [6, 6.07) is 5.47. The summed E-state index contributed by atoms with van der Waals surface area (Å²) < 4.78 is 12.0. The molecule has 1 unspecified atom stereocenters. The lowest BCUT2D eigenvalue weighted by Crippen LogP contribution is -2.19. The van der Waals surface area contributed by atoms with Crippen LogP contribution in [-0.4, -0.2) is 12.3 Å². The highest BCUT2D eigenvalue weighted by Gasteiger charge is 2.11. The van der Waals surface area contributed by atoms with Crippen LogP contribution >= 0.6 is 31.9 Å². The number of esters is 1. The van der Waals surface area contributed by atoms with Gasteiger partial charge in [0.15, 0.2) is 0 Å². The SMILES string of the molecule is C=CC(=O)OC(C)Oc1cccc(Br)c1Br. The zero-order valence-electron chi connectivity index (χ0n) is 8.57. The fourth-order valence-corrected chi connectivity index (χ4v) is 1.70. The van der Waals surface area contributed by atoms with Gasteiger partial charge in [-0.3, -0.25) is 0 Å². The molecule has 0 aliphatic carbocycles. The number of carbonyl (C=O) groups is 1. The van der Waals surface area contributed by atoms with Gasteiger partial charge in [-0.2, -0.15) is 0 Å². The van der Waals surface area contributed by atoms with Gasteiger partial charge < -0.3 is 9.47 Å². The second kappa shape index (κ2) is 6.06. The van der Waals surface area contributed by atoms with Crippen molar-refractivity contribution in [3.05, 3.63) is 39.8 Å². The molecule has 86 valence electrons. The highest BCUT2D eigenvalue weighted by atomic mass is 79.9. The van der Waals surface area contributed by atoms with Gasteiger partial charge in [-0.15, -0.1) is 0 Å². The molecule has 16 heavy (non-hydrogen) atoms. The van der Waals surface area contributed by atoms with E-state index in [1.807, 2.05) is 12.1 Å². The van der Waals surface area contributed by atoms with Crippen LogP contribution in [0.25, 0.3) is 0 Å². The van der Waals surface area contributed by atoms with E-state index in [0.717, 1.165) is 15.0 Å². The molecule has 0 N–H and O–H groups in total. The van der Waals surface area contributed by atoms with E-state index in [2.05, 4.69) is 38.4 Å². The van der Waals surface area contributed by atoms with Gasteiger partial charge in [0.2, 0.25) is 6.29 Å². The van der Waals surface area contributed by atoms with Crippen molar-refractivity contribution in [2.24, 2.45) is 0 Å². The molecule has 0 amide bonds. The molecule has 0 fully saturated rings. The van der Waals surface area contributed by atoms with Gasteiger partial charge in [-0.1, -0.05) is 12.6 Å². The molecule has 0 aliphatic rings. The Bertz CT molecular complexity index is 404. The van der Waals surface area contributed by atoms with Gasteiger partial charge in [-0.05, 0) is 44.0 Å². The fraction of sp³-hybridized carbons (Fsp3) is 0.182. The van der Waals surface area contributed by atoms with Crippen molar-refractivity contribution in [2.75, 3.05) is 0 Å². The maximum Gasteiger partial charge on any atom is 0.333 e. The molecular weight excluding hydrogens is 340 g/mol. The number of carbonyl (C=O) groups excluding carboxylic acids is 1. The zero-order valence-corrected chi connectivity index (χ0v) is 11.7. The Morgan fingerprint density at radius 2 is 2.19 bits per heavy atom. The van der Waals surface area contributed by atoms with Crippen LogP contribution in [0.1, 0.15) is 6.92 Å². The number of hydrogen-bond donors (Lipinski definition) is 0. The van der Waals surface area contributed by atoms with Crippen molar-refractivity contribution in [3.63, 3.8) is 0 Å². The first kappa shape index (κ1) is 13.3. The maximum absolute atomic E-state index is 10.9. The molecule has 0 bridgehead atoms. The average molecular weight is 350 g/mol. The van der Waals surface area contributed by atoms with Crippen LogP contribution in [0.3, 0.4) is 0 Å². The first-order valence-corrected chi connectivity index (χ1v) is 6.07. The summed E-state index contributed by atoms with van der Waals surface area (Å²) >= 11 is 6.71. The number of rotatable bonds is 4. The Labute approximate surface area is 111 Å². The van der Waals surface area contributed by atoms with Crippen LogP contribution in [-0.2, 0) is 9.53 Å². The zero-order chi connectivity index (χ0) is 12.1. The first-order chi connectivity index (χ1) is 7.54. The highest BCUT2D eigenvalue weighted by Crippen LogP contribution is 2.32. The molecule has 1 rings (SSSR count). The van der Waals surface area contributed by atoms with E-state index in [-0.39, 0.29) is 0 Å². The monoisotopic (exact) mass is 348 g/mol. The van der Waals surface area contributed by atoms with Crippen LogP contribution in [0.5, 0.6) is 5.75 Å². The maximum atomic E-state index is 10.9. The van der Waals surface area contributed by atoms with Crippen LogP contribution in [0, 0.1) is 0 Å². The van der Waals surface area contributed by atoms with Crippen molar-refractivity contribution in [1.29, 1.82) is 0 Å². The minimum atomic E-state index is -0.670. The predicted octanol–water partition coefficient (Wildman–Crippen LogP) is 3.67. The topological polar surface area (TPSA) is 35.5 Å². The minimum Gasteiger partial charge on any atom is -0.454 e. The molecule has 1 atom stereocenters. The van der Waals surface area contributed by atoms with Crippen molar-refractivity contribution in [2.45, 2.75) is 13.2 Å². The molecule has 0 saturated carbocycles. The summed E-state index contributed by atoms with van der Waals surface area (Å²) in [5.74, 6) is 0.0809. The van der Waals surface area contributed by atoms with E-state index >= 15 is 0 Å². The Morgan fingerprint density at radius 3 is 2.81 bits per heavy atom. The quantitative estimate of drug-likeness (QED) is 0.472. The normalized spacial score (nSPS) is 11.7. The summed E-state index contributed by atoms with van der Waals surface area (Å²) in [6.45, 7) is 4.94. The van der Waals surface area contributed by atoms with E-state index in [0.29, 0.717) is 5.75 Å². The van der Waals surface area contributed by atoms with Crippen LogP contribution in [0.15, 0.2) is 39.8 Å². The number of ether oxygens (including phenoxy) is 2. The fourth-order valence-electron chi connectivity index (χ4n) is 0.990. The van der Waals surface area contributed by atoms with Crippen LogP contribution < -0.4 is 4.74 Å². The highest BCUT2D eigenvalue weighted by molar-refractivity contribution is 9.13.